The van der Waals surface area contributed by atoms with Crippen LogP contribution < -0.4 is 16.0 Å². The minimum absolute atomic E-state index is 0.0232. The number of rotatable bonds is 12. The molecule has 1 aromatic heterocycles. The number of nitrogens with zero attached hydrogens (tertiary/aromatic N) is 1. The Hall–Kier alpha value is -4.98. The zero-order valence-electron chi connectivity index (χ0n) is 23.3. The van der Waals surface area contributed by atoms with Gasteiger partial charge in [-0.25, -0.2) is 14.2 Å². The van der Waals surface area contributed by atoms with Gasteiger partial charge in [0, 0.05) is 29.1 Å². The molecule has 0 bridgehead atoms. The highest BCUT2D eigenvalue weighted by Gasteiger charge is 2.43. The van der Waals surface area contributed by atoms with Gasteiger partial charge >= 0.3 is 18.1 Å². The van der Waals surface area contributed by atoms with Gasteiger partial charge in [-0.05, 0) is 36.2 Å². The summed E-state index contributed by atoms with van der Waals surface area (Å²) in [7, 11) is 0. The van der Waals surface area contributed by atoms with Gasteiger partial charge in [0.05, 0.1) is 30.0 Å². The average molecular weight is 648 g/mol. The van der Waals surface area contributed by atoms with Crippen LogP contribution >= 0.6 is 11.6 Å². The Morgan fingerprint density at radius 2 is 1.67 bits per heavy atom. The fourth-order valence-electron chi connectivity index (χ4n) is 4.33. The van der Waals surface area contributed by atoms with Gasteiger partial charge in [-0.3, -0.25) is 14.4 Å². The van der Waals surface area contributed by atoms with Crippen LogP contribution in [0.15, 0.2) is 66.7 Å². The van der Waals surface area contributed by atoms with Crippen LogP contribution in [-0.4, -0.2) is 53.0 Å². The maximum atomic E-state index is 15.8. The number of hydrogen-bond acceptors (Lipinski definition) is 7. The fraction of sp³-hybridized carbons (Fsp3) is 0.233. The van der Waals surface area contributed by atoms with E-state index in [1.165, 1.54) is 12.1 Å². The summed E-state index contributed by atoms with van der Waals surface area (Å²) in [5.74, 6) is -6.31. The molecule has 1 unspecified atom stereocenters. The van der Waals surface area contributed by atoms with Crippen LogP contribution in [-0.2, 0) is 23.9 Å². The molecular weight excluding hydrogens is 622 g/mol. The predicted molar refractivity (Wildman–Crippen MR) is 156 cm³/mol. The van der Waals surface area contributed by atoms with Gasteiger partial charge in [0.2, 0.25) is 17.8 Å². The van der Waals surface area contributed by atoms with Crippen molar-refractivity contribution in [2.45, 2.75) is 31.5 Å². The van der Waals surface area contributed by atoms with Crippen LogP contribution in [0.25, 0.3) is 22.2 Å². The molecular formula is C30H26ClF4N5O5. The number of carbonyl (C=O) groups excluding carboxylic acids is 4. The van der Waals surface area contributed by atoms with Crippen LogP contribution in [0.4, 0.5) is 23.5 Å². The number of fused-ring (bicyclic) bond motifs is 1. The van der Waals surface area contributed by atoms with Crippen molar-refractivity contribution in [1.29, 1.82) is 0 Å². The summed E-state index contributed by atoms with van der Waals surface area (Å²) in [6.07, 6.45) is -6.14. The molecule has 0 spiro atoms. The van der Waals surface area contributed by atoms with E-state index in [4.69, 9.17) is 11.6 Å². The monoisotopic (exact) mass is 647 g/mol. The highest BCUT2D eigenvalue weighted by molar-refractivity contribution is 6.31. The van der Waals surface area contributed by atoms with Crippen LogP contribution in [0.2, 0.25) is 5.02 Å². The van der Waals surface area contributed by atoms with Gasteiger partial charge < -0.3 is 25.7 Å². The Bertz CT molecular complexity index is 1660. The zero-order valence-corrected chi connectivity index (χ0v) is 24.1. The third-order valence-electron chi connectivity index (χ3n) is 6.41. The molecule has 0 fully saturated rings. The van der Waals surface area contributed by atoms with Crippen molar-refractivity contribution < 1.29 is 41.5 Å². The maximum absolute atomic E-state index is 15.8. The summed E-state index contributed by atoms with van der Waals surface area (Å²) in [4.78, 5) is 56.0. The molecule has 1 atom stereocenters. The molecule has 2 amide bonds. The summed E-state index contributed by atoms with van der Waals surface area (Å²) >= 11 is 6.22. The number of amides is 2. The minimum atomic E-state index is -5.46. The van der Waals surface area contributed by atoms with Gasteiger partial charge in [-0.15, -0.1) is 0 Å². The molecule has 10 nitrogen and oxygen atoms in total. The highest BCUT2D eigenvalue weighted by Crippen LogP contribution is 2.35. The molecule has 0 saturated carbocycles. The Morgan fingerprint density at radius 3 is 2.38 bits per heavy atom. The van der Waals surface area contributed by atoms with Gasteiger partial charge in [-0.1, -0.05) is 54.1 Å². The first-order valence-electron chi connectivity index (χ1n) is 13.5. The van der Waals surface area contributed by atoms with E-state index >= 15 is 4.39 Å². The second kappa shape index (κ2) is 14.7. The molecule has 1 heterocycles. The predicted octanol–water partition coefficient (Wildman–Crippen LogP) is 5.21. The SMILES string of the molecule is O=C(CCCNc1nc2ccccc2[nH]1)NCC(=O)NC(CC(=O)OC(=O)C(F)(F)F)c1c(Cl)ccc(-c2ccccc2)c1F. The van der Waals surface area contributed by atoms with Crippen molar-refractivity contribution in [3.63, 3.8) is 0 Å². The molecule has 4 N–H and O–H groups in total. The summed E-state index contributed by atoms with van der Waals surface area (Å²) < 4.78 is 57.5. The first-order chi connectivity index (χ1) is 21.4. The van der Waals surface area contributed by atoms with Crippen molar-refractivity contribution in [3.05, 3.63) is 83.1 Å². The Balaban J connectivity index is 1.39. The molecule has 236 valence electrons. The number of imidazole rings is 1. The zero-order chi connectivity index (χ0) is 32.6. The number of halogens is 5. The summed E-state index contributed by atoms with van der Waals surface area (Å²) in [5, 5.41) is 7.48. The summed E-state index contributed by atoms with van der Waals surface area (Å²) in [6.45, 7) is -0.226. The van der Waals surface area contributed by atoms with Crippen LogP contribution in [0.1, 0.15) is 30.9 Å². The number of ether oxygens (including phenoxy) is 1. The first-order valence-corrected chi connectivity index (χ1v) is 13.9. The summed E-state index contributed by atoms with van der Waals surface area (Å²) in [5.41, 5.74) is 1.63. The number of H-pyrrole nitrogens is 1. The lowest BCUT2D eigenvalue weighted by Crippen LogP contribution is -2.40. The van der Waals surface area contributed by atoms with E-state index in [2.05, 4.69) is 30.7 Å². The first kappa shape index (κ1) is 32.9. The Kier molecular flexibility index (Phi) is 10.7. The van der Waals surface area contributed by atoms with Crippen molar-refractivity contribution in [2.75, 3.05) is 18.4 Å². The minimum Gasteiger partial charge on any atom is -0.386 e. The van der Waals surface area contributed by atoms with Gasteiger partial charge in [0.25, 0.3) is 0 Å². The van der Waals surface area contributed by atoms with Crippen molar-refractivity contribution in [1.82, 2.24) is 20.6 Å². The standard InChI is InChI=1S/C30H26ClF4N5O5/c31-19-13-12-18(17-7-2-1-3-8-17)27(32)26(19)22(15-25(43)45-28(44)30(33,34)35)38-24(42)16-37-23(41)11-6-14-36-29-39-20-9-4-5-10-21(20)40-29/h1-5,7-10,12-13,22H,6,11,14-16H2,(H,37,41)(H,38,42)(H2,36,39,40). The molecule has 0 aliphatic rings. The number of aromatic nitrogens is 2. The van der Waals surface area contributed by atoms with Crippen molar-refractivity contribution in [2.24, 2.45) is 0 Å². The number of alkyl halides is 3. The topological polar surface area (TPSA) is 142 Å². The second-order valence-corrected chi connectivity index (χ2v) is 10.1. The highest BCUT2D eigenvalue weighted by atomic mass is 35.5. The largest absolute Gasteiger partial charge is 0.491 e. The van der Waals surface area contributed by atoms with E-state index < -0.39 is 60.3 Å². The molecule has 0 aliphatic carbocycles. The quantitative estimate of drug-likeness (QED) is 0.0716. The number of benzene rings is 3. The van der Waals surface area contributed by atoms with E-state index in [0.717, 1.165) is 11.0 Å². The number of anilines is 1. The molecule has 0 saturated heterocycles. The van der Waals surface area contributed by atoms with Crippen LogP contribution in [0.5, 0.6) is 0 Å². The Morgan fingerprint density at radius 1 is 0.956 bits per heavy atom. The number of aromatic amines is 1. The van der Waals surface area contributed by atoms with Crippen molar-refractivity contribution >= 4 is 52.3 Å². The molecule has 4 aromatic rings. The van der Waals surface area contributed by atoms with E-state index in [1.807, 2.05) is 24.3 Å². The van der Waals surface area contributed by atoms with Gasteiger partial charge in [0.15, 0.2) is 0 Å². The molecule has 3 aromatic carbocycles. The van der Waals surface area contributed by atoms with Crippen LogP contribution in [0.3, 0.4) is 0 Å². The second-order valence-electron chi connectivity index (χ2n) is 9.68. The number of esters is 2. The number of para-hydroxylation sites is 2. The number of hydrogen-bond donors (Lipinski definition) is 4. The van der Waals surface area contributed by atoms with E-state index in [9.17, 15) is 32.3 Å². The van der Waals surface area contributed by atoms with E-state index in [-0.39, 0.29) is 17.0 Å². The smallest absolute Gasteiger partial charge is 0.386 e. The Labute approximate surface area is 258 Å². The van der Waals surface area contributed by atoms with Gasteiger partial charge in [-0.2, -0.15) is 13.2 Å². The number of carbonyl (C=O) groups is 4. The maximum Gasteiger partial charge on any atom is 0.491 e. The molecule has 0 radical (unpaired) electrons. The van der Waals surface area contributed by atoms with Gasteiger partial charge in [0.1, 0.15) is 5.82 Å². The van der Waals surface area contributed by atoms with Crippen molar-refractivity contribution in [3.8, 4) is 11.1 Å². The molecule has 0 aliphatic heterocycles. The van der Waals surface area contributed by atoms with Crippen LogP contribution in [0, 0.1) is 5.82 Å². The lowest BCUT2D eigenvalue weighted by Gasteiger charge is -2.22. The third kappa shape index (κ3) is 9.01. The molecule has 15 heteroatoms. The molecule has 45 heavy (non-hydrogen) atoms. The van der Waals surface area contributed by atoms with E-state index in [0.29, 0.717) is 24.5 Å². The number of nitrogens with one attached hydrogen (secondary N) is 4. The third-order valence-corrected chi connectivity index (χ3v) is 6.74. The molecule has 4 rings (SSSR count). The average Bonchev–Trinajstić information content (AvgIpc) is 3.41. The lowest BCUT2D eigenvalue weighted by atomic mass is 9.96. The van der Waals surface area contributed by atoms with E-state index in [1.54, 1.807) is 30.3 Å². The lowest BCUT2D eigenvalue weighted by molar-refractivity contribution is -0.202. The summed E-state index contributed by atoms with van der Waals surface area (Å²) in [6, 6.07) is 16.5. The normalized spacial score (nSPS) is 11.9. The fourth-order valence-corrected chi connectivity index (χ4v) is 4.61.